The smallest absolute Gasteiger partial charge is 0.318 e. The van der Waals surface area contributed by atoms with Gasteiger partial charge in [0, 0.05) is 13.1 Å². The Labute approximate surface area is 103 Å². The van der Waals surface area contributed by atoms with Gasteiger partial charge in [-0.3, -0.25) is 0 Å². The van der Waals surface area contributed by atoms with Crippen molar-refractivity contribution in [3.63, 3.8) is 0 Å². The monoisotopic (exact) mass is 235 g/mol. The third-order valence-corrected chi connectivity index (χ3v) is 3.96. The van der Waals surface area contributed by atoms with Crippen LogP contribution in [0.2, 0.25) is 0 Å². The van der Waals surface area contributed by atoms with Crippen molar-refractivity contribution in [3.05, 3.63) is 0 Å². The topological polar surface area (TPSA) is 56.1 Å². The first-order valence-corrected chi connectivity index (χ1v) is 6.63. The van der Waals surface area contributed by atoms with Gasteiger partial charge in [-0.05, 0) is 44.4 Å². The van der Waals surface area contributed by atoms with E-state index in [-0.39, 0.29) is 6.03 Å². The van der Waals surface area contributed by atoms with Crippen molar-refractivity contribution in [3.8, 4) is 6.07 Å². The molecule has 1 aliphatic heterocycles. The molecule has 0 aromatic heterocycles. The molecule has 0 bridgehead atoms. The van der Waals surface area contributed by atoms with Crippen molar-refractivity contribution in [2.24, 2.45) is 5.92 Å². The predicted molar refractivity (Wildman–Crippen MR) is 65.3 cm³/mol. The zero-order chi connectivity index (χ0) is 12.3. The van der Waals surface area contributed by atoms with Crippen LogP contribution in [0.1, 0.15) is 45.4 Å². The highest BCUT2D eigenvalue weighted by Gasteiger charge is 2.37. The van der Waals surface area contributed by atoms with Gasteiger partial charge in [0.15, 0.2) is 0 Å². The van der Waals surface area contributed by atoms with Crippen LogP contribution in [-0.2, 0) is 0 Å². The molecule has 1 N–H and O–H groups in total. The van der Waals surface area contributed by atoms with E-state index >= 15 is 0 Å². The average molecular weight is 235 g/mol. The fourth-order valence-electron chi connectivity index (χ4n) is 2.90. The van der Waals surface area contributed by atoms with Crippen molar-refractivity contribution >= 4 is 6.03 Å². The summed E-state index contributed by atoms with van der Waals surface area (Å²) in [4.78, 5) is 14.0. The van der Waals surface area contributed by atoms with E-state index in [0.717, 1.165) is 45.2 Å². The molecule has 0 aromatic carbocycles. The first-order valence-electron chi connectivity index (χ1n) is 6.63. The summed E-state index contributed by atoms with van der Waals surface area (Å²) in [6.45, 7) is 3.83. The Bertz CT molecular complexity index is 328. The minimum absolute atomic E-state index is 0.0417. The Kier molecular flexibility index (Phi) is 3.56. The minimum atomic E-state index is -0.586. The standard InChI is InChI=1S/C13H21N3O/c1-11-5-4-8-16(9-11)12(17)15-13(10-14)6-2-3-7-13/h11H,2-9H2,1H3,(H,15,17). The number of piperidine rings is 1. The number of nitrogens with zero attached hydrogens (tertiary/aromatic N) is 2. The predicted octanol–water partition coefficient (Wildman–Crippen LogP) is 2.26. The molecule has 2 aliphatic rings. The van der Waals surface area contributed by atoms with E-state index in [1.165, 1.54) is 6.42 Å². The van der Waals surface area contributed by atoms with Gasteiger partial charge in [0.05, 0.1) is 6.07 Å². The molecule has 1 saturated heterocycles. The Balaban J connectivity index is 1.94. The van der Waals surface area contributed by atoms with Crippen molar-refractivity contribution in [2.45, 2.75) is 51.0 Å². The second-order valence-electron chi connectivity index (χ2n) is 5.52. The molecule has 2 fully saturated rings. The maximum Gasteiger partial charge on any atom is 0.318 e. The lowest BCUT2D eigenvalue weighted by atomic mass is 9.99. The van der Waals surface area contributed by atoms with Crippen LogP contribution in [0.25, 0.3) is 0 Å². The second kappa shape index (κ2) is 4.95. The van der Waals surface area contributed by atoms with Crippen LogP contribution < -0.4 is 5.32 Å². The lowest BCUT2D eigenvalue weighted by Gasteiger charge is -2.33. The highest BCUT2D eigenvalue weighted by atomic mass is 16.2. The first kappa shape index (κ1) is 12.2. The van der Waals surface area contributed by atoms with Crippen LogP contribution in [0, 0.1) is 17.2 Å². The number of urea groups is 1. The Morgan fingerprint density at radius 1 is 1.41 bits per heavy atom. The van der Waals surface area contributed by atoms with Crippen LogP contribution in [0.15, 0.2) is 0 Å². The van der Waals surface area contributed by atoms with Gasteiger partial charge in [-0.2, -0.15) is 5.26 Å². The zero-order valence-corrected chi connectivity index (χ0v) is 10.5. The summed E-state index contributed by atoms with van der Waals surface area (Å²) in [5, 5.41) is 12.2. The minimum Gasteiger partial charge on any atom is -0.325 e. The quantitative estimate of drug-likeness (QED) is 0.758. The number of carbonyl (C=O) groups excluding carboxylic acids is 1. The number of nitriles is 1. The van der Waals surface area contributed by atoms with Gasteiger partial charge in [0.1, 0.15) is 5.54 Å². The number of hydrogen-bond acceptors (Lipinski definition) is 2. The van der Waals surface area contributed by atoms with Crippen LogP contribution >= 0.6 is 0 Å². The molecule has 4 heteroatoms. The Morgan fingerprint density at radius 2 is 2.12 bits per heavy atom. The molecule has 17 heavy (non-hydrogen) atoms. The number of likely N-dealkylation sites (tertiary alicyclic amines) is 1. The molecule has 0 spiro atoms. The van der Waals surface area contributed by atoms with Crippen LogP contribution in [0.3, 0.4) is 0 Å². The van der Waals surface area contributed by atoms with E-state index in [9.17, 15) is 10.1 Å². The first-order chi connectivity index (χ1) is 8.15. The normalized spacial score (nSPS) is 27.5. The zero-order valence-electron chi connectivity index (χ0n) is 10.5. The van der Waals surface area contributed by atoms with E-state index in [0.29, 0.717) is 5.92 Å². The van der Waals surface area contributed by atoms with Crippen LogP contribution in [-0.4, -0.2) is 29.6 Å². The summed E-state index contributed by atoms with van der Waals surface area (Å²) in [5.41, 5.74) is -0.586. The third-order valence-electron chi connectivity index (χ3n) is 3.96. The second-order valence-corrected chi connectivity index (χ2v) is 5.52. The SMILES string of the molecule is CC1CCCN(C(=O)NC2(C#N)CCCC2)C1. The fraction of sp³-hybridized carbons (Fsp3) is 0.846. The highest BCUT2D eigenvalue weighted by molar-refractivity contribution is 5.75. The van der Waals surface area contributed by atoms with Gasteiger partial charge in [0.2, 0.25) is 0 Å². The molecule has 1 saturated carbocycles. The van der Waals surface area contributed by atoms with Crippen molar-refractivity contribution in [2.75, 3.05) is 13.1 Å². The van der Waals surface area contributed by atoms with Crippen molar-refractivity contribution in [1.82, 2.24) is 10.2 Å². The summed E-state index contributed by atoms with van der Waals surface area (Å²) in [5.74, 6) is 0.580. The molecular weight excluding hydrogens is 214 g/mol. The molecule has 2 amide bonds. The average Bonchev–Trinajstić information content (AvgIpc) is 2.78. The largest absolute Gasteiger partial charge is 0.325 e. The summed E-state index contributed by atoms with van der Waals surface area (Å²) in [6.07, 6.45) is 5.98. The maximum atomic E-state index is 12.1. The molecule has 2 rings (SSSR count). The third kappa shape index (κ3) is 2.71. The highest BCUT2D eigenvalue weighted by Crippen LogP contribution is 2.29. The number of nitrogens with one attached hydrogen (secondary N) is 1. The summed E-state index contributed by atoms with van der Waals surface area (Å²) >= 11 is 0. The van der Waals surface area contributed by atoms with Gasteiger partial charge >= 0.3 is 6.03 Å². The Hall–Kier alpha value is -1.24. The van der Waals surface area contributed by atoms with E-state index in [2.05, 4.69) is 18.3 Å². The number of hydrogen-bond donors (Lipinski definition) is 1. The number of carbonyl (C=O) groups is 1. The number of amides is 2. The summed E-state index contributed by atoms with van der Waals surface area (Å²) in [6, 6.07) is 2.26. The van der Waals surface area contributed by atoms with Gasteiger partial charge in [0.25, 0.3) is 0 Å². The Morgan fingerprint density at radius 3 is 2.71 bits per heavy atom. The summed E-state index contributed by atoms with van der Waals surface area (Å²) in [7, 11) is 0. The van der Waals surface area contributed by atoms with E-state index in [4.69, 9.17) is 0 Å². The van der Waals surface area contributed by atoms with Gasteiger partial charge in [-0.25, -0.2) is 4.79 Å². The molecule has 1 unspecified atom stereocenters. The van der Waals surface area contributed by atoms with Gasteiger partial charge in [-0.1, -0.05) is 6.92 Å². The van der Waals surface area contributed by atoms with Crippen LogP contribution in [0.5, 0.6) is 0 Å². The van der Waals surface area contributed by atoms with Gasteiger partial charge < -0.3 is 10.2 Å². The molecule has 0 aromatic rings. The van der Waals surface area contributed by atoms with Crippen molar-refractivity contribution < 1.29 is 4.79 Å². The number of rotatable bonds is 1. The molecule has 0 radical (unpaired) electrons. The van der Waals surface area contributed by atoms with E-state index in [1.54, 1.807) is 0 Å². The molecule has 1 aliphatic carbocycles. The van der Waals surface area contributed by atoms with Crippen molar-refractivity contribution in [1.29, 1.82) is 5.26 Å². The van der Waals surface area contributed by atoms with Crippen LogP contribution in [0.4, 0.5) is 4.79 Å². The van der Waals surface area contributed by atoms with Gasteiger partial charge in [-0.15, -0.1) is 0 Å². The lowest BCUT2D eigenvalue weighted by molar-refractivity contribution is 0.162. The molecule has 94 valence electrons. The molecular formula is C13H21N3O. The fourth-order valence-corrected chi connectivity index (χ4v) is 2.90. The lowest BCUT2D eigenvalue weighted by Crippen LogP contribution is -2.53. The van der Waals surface area contributed by atoms with E-state index in [1.807, 2.05) is 4.90 Å². The summed E-state index contributed by atoms with van der Waals surface area (Å²) < 4.78 is 0. The van der Waals surface area contributed by atoms with E-state index < -0.39 is 5.54 Å². The molecule has 4 nitrogen and oxygen atoms in total. The maximum absolute atomic E-state index is 12.1. The molecule has 1 heterocycles. The molecule has 1 atom stereocenters.